The van der Waals surface area contributed by atoms with Gasteiger partial charge in [-0.05, 0) is 54.6 Å². The zero-order valence-corrected chi connectivity index (χ0v) is 66.4. The Morgan fingerprint density at radius 3 is 0.968 bits per heavy atom. The van der Waals surface area contributed by atoms with Crippen LogP contribution < -0.4 is 78.3 Å². The van der Waals surface area contributed by atoms with Crippen molar-refractivity contribution < 1.29 is 77.2 Å². The molecule has 13 aromatic carbocycles. The average Bonchev–Trinajstić information content (AvgIpc) is 0.763. The summed E-state index contributed by atoms with van der Waals surface area (Å²) in [6, 6.07) is 55.4. The Morgan fingerprint density at radius 1 is 0.304 bits per heavy atom. The number of phenols is 2. The van der Waals surface area contributed by atoms with Crippen LogP contribution in [0.5, 0.6) is 28.7 Å². The van der Waals surface area contributed by atoms with E-state index in [1.807, 2.05) is 30.3 Å². The maximum absolute atomic E-state index is 12.8. The number of hydrogen-bond acceptors (Lipinski definition) is 29. The summed E-state index contributed by atoms with van der Waals surface area (Å²) in [6.45, 7) is 0. The number of ether oxygens (including phenoxy) is 2. The zero-order chi connectivity index (χ0) is 89.5. The summed E-state index contributed by atoms with van der Waals surface area (Å²) in [7, 11) is 1.38. The molecule has 0 unspecified atom stereocenters. The van der Waals surface area contributed by atoms with E-state index in [0.29, 0.717) is 22.6 Å². The van der Waals surface area contributed by atoms with Crippen LogP contribution in [0.3, 0.4) is 0 Å². The number of amides is 1. The van der Waals surface area contributed by atoms with Crippen LogP contribution in [0.1, 0.15) is 185 Å². The monoisotopic (exact) mass is 1700 g/mol. The highest BCUT2D eigenvalue weighted by atomic mass is 35.5. The molecule has 616 valence electrons. The van der Waals surface area contributed by atoms with Gasteiger partial charge < -0.3 is 88.5 Å². The molecule has 0 aliphatic heterocycles. The third-order valence-electron chi connectivity index (χ3n) is 21.3. The molecule has 26 N–H and O–H groups in total. The number of aromatic nitrogens is 2. The summed E-state index contributed by atoms with van der Waals surface area (Å²) in [6.07, 6.45) is 1.52. The SMILES string of the molecule is COc1cc(O)c2c(c1N)C(=O)c1ccccc1C2=O.NC(=O)c1cc(N)c2c(c1N)C(=O)c1ccccc1C2=O.Nc1c(Cl)c(Cl)c(N)c2c1C(=O)c1ccccc1C2=O.Nc1c(Oc2ccccc2)cc(O)c2c1C(=O)c1ccccc1C2=O.Nc1ccc(N)c2c1C(=O)c1c(N)ccc(N)c1C2=O.Nc1ccc2ncnc3c2c1C(=O)c1ccccc1-3. The quantitative estimate of drug-likeness (QED) is 0.0575. The van der Waals surface area contributed by atoms with Gasteiger partial charge in [-0.3, -0.25) is 57.5 Å². The topological polar surface area (TPSA) is 602 Å². The molecule has 0 fully saturated rings. The van der Waals surface area contributed by atoms with Gasteiger partial charge in [0.1, 0.15) is 29.3 Å². The Bertz CT molecular complexity index is 7100. The molecule has 30 nitrogen and oxygen atoms in total. The van der Waals surface area contributed by atoms with Crippen LogP contribution in [0.25, 0.3) is 22.2 Å². The second-order valence-electron chi connectivity index (χ2n) is 28.5. The Labute approximate surface area is 715 Å². The van der Waals surface area contributed by atoms with Crippen LogP contribution in [-0.2, 0) is 0 Å². The van der Waals surface area contributed by atoms with E-state index in [9.17, 15) is 67.7 Å². The van der Waals surface area contributed by atoms with Gasteiger partial charge in [-0.25, -0.2) is 9.97 Å². The molecule has 14 aromatic rings. The first kappa shape index (κ1) is 82.7. The first-order chi connectivity index (χ1) is 59.7. The fourth-order valence-electron chi connectivity index (χ4n) is 15.5. The lowest BCUT2D eigenvalue weighted by Gasteiger charge is -2.22. The first-order valence-electron chi connectivity index (χ1n) is 37.2. The standard InChI is InChI=1S/C20H13NO4.C15H11N3O3.C15H9N3O.C15H11NO4.C14H8Cl2N2O2.C14H12N4O2/c21-18-15(25-11-6-2-1-3-7-11)10-14(22)16-17(18)20(24)13-9-5-4-8-12(13)19(16)23;16-9-5-8(15(18)21)12(17)11-10(9)13(19)6-3-1-2-4-7(6)14(11)20;16-10-5-6-11-13-12(10)15(19)9-4-2-1-3-8(9)14(13)18-7-17-11;1-20-10-6-9(17)11-12(13(10)16)15(19)8-5-3-2-4-7(8)14(11)18;15-9-10(16)12(18)8-7(11(9)17)13(19)5-3-1-2-4-6(5)14(8)20;15-5-1-2-6(16)10-9(5)13(19)11-7(17)3-4-8(18)12(11)14(10)20/h1-10,22H,21H2;1-5H,16-17H2,(H2,18,21);1-7H,16H2;2-6,17H,16H2,1H3;1-4H,17-18H2;1-4H,15-18H2. The van der Waals surface area contributed by atoms with Gasteiger partial charge in [-0.15, -0.1) is 0 Å². The molecule has 0 bridgehead atoms. The van der Waals surface area contributed by atoms with Gasteiger partial charge in [-0.1, -0.05) is 163 Å². The molecule has 0 radical (unpaired) electrons. The third kappa shape index (κ3) is 13.6. The van der Waals surface area contributed by atoms with Crippen molar-refractivity contribution in [3.8, 4) is 40.0 Å². The number of nitrogens with zero attached hydrogens (tertiary/aromatic N) is 2. The minimum Gasteiger partial charge on any atom is -0.507 e. The number of anilines is 11. The van der Waals surface area contributed by atoms with Gasteiger partial charge >= 0.3 is 0 Å². The van der Waals surface area contributed by atoms with Crippen LogP contribution >= 0.6 is 23.2 Å². The molecule has 1 heterocycles. The van der Waals surface area contributed by atoms with Crippen molar-refractivity contribution in [1.29, 1.82) is 0 Å². The summed E-state index contributed by atoms with van der Waals surface area (Å²) in [4.78, 5) is 158. The van der Waals surface area contributed by atoms with E-state index in [1.165, 1.54) is 62.0 Å². The molecule has 20 rings (SSSR count). The Hall–Kier alpha value is -17.4. The van der Waals surface area contributed by atoms with Crippen molar-refractivity contribution in [2.45, 2.75) is 0 Å². The second-order valence-corrected chi connectivity index (χ2v) is 29.2. The summed E-state index contributed by atoms with van der Waals surface area (Å²) < 4.78 is 10.7. The predicted octanol–water partition coefficient (Wildman–Crippen LogP) is 12.2. The molecule has 0 saturated carbocycles. The largest absolute Gasteiger partial charge is 0.507 e. The van der Waals surface area contributed by atoms with Crippen molar-refractivity contribution in [3.63, 3.8) is 0 Å². The Morgan fingerprint density at radius 2 is 0.592 bits per heavy atom. The molecule has 0 atom stereocenters. The number of nitrogens with two attached hydrogens (primary N) is 12. The maximum Gasteiger partial charge on any atom is 0.250 e. The Kier molecular flexibility index (Phi) is 21.2. The van der Waals surface area contributed by atoms with Crippen LogP contribution in [0.2, 0.25) is 10.0 Å². The molecule has 1 aromatic heterocycles. The molecular weight excluding hydrogens is 1640 g/mol. The third-order valence-corrected chi connectivity index (χ3v) is 22.2. The van der Waals surface area contributed by atoms with Crippen LogP contribution in [0, 0.1) is 0 Å². The number of methoxy groups -OCH3 is 1. The van der Waals surface area contributed by atoms with Gasteiger partial charge in [0.05, 0.1) is 135 Å². The smallest absolute Gasteiger partial charge is 0.250 e. The molecule has 6 aliphatic carbocycles. The van der Waals surface area contributed by atoms with E-state index >= 15 is 0 Å². The van der Waals surface area contributed by atoms with E-state index < -0.39 is 40.6 Å². The summed E-state index contributed by atoms with van der Waals surface area (Å²) in [5.41, 5.74) is 76.9. The van der Waals surface area contributed by atoms with Gasteiger partial charge in [0.25, 0.3) is 5.91 Å². The lowest BCUT2D eigenvalue weighted by Crippen LogP contribution is -2.26. The summed E-state index contributed by atoms with van der Waals surface area (Å²) in [5.74, 6) is -4.77. The van der Waals surface area contributed by atoms with E-state index in [4.69, 9.17) is 101 Å². The molecule has 1 amide bonds. The minimum absolute atomic E-state index is 0.00514. The molecule has 0 spiro atoms. The zero-order valence-electron chi connectivity index (χ0n) is 64.9. The number of benzene rings is 13. The number of nitrogen functional groups attached to an aromatic ring is 11. The van der Waals surface area contributed by atoms with Crippen LogP contribution in [-0.4, -0.2) is 96.8 Å². The summed E-state index contributed by atoms with van der Waals surface area (Å²) >= 11 is 11.9. The molecule has 125 heavy (non-hydrogen) atoms. The Balaban J connectivity index is 0.000000116. The van der Waals surface area contributed by atoms with Crippen molar-refractivity contribution >= 4 is 166 Å². The van der Waals surface area contributed by atoms with Crippen LogP contribution in [0.4, 0.5) is 62.6 Å². The van der Waals surface area contributed by atoms with Gasteiger partial charge in [-0.2, -0.15) is 0 Å². The molecule has 6 aliphatic rings. The second kappa shape index (κ2) is 32.1. The highest BCUT2D eigenvalue weighted by molar-refractivity contribution is 6.48. The number of primary amides is 1. The van der Waals surface area contributed by atoms with E-state index in [1.54, 1.807) is 127 Å². The summed E-state index contributed by atoms with van der Waals surface area (Å²) in [5, 5.41) is 21.1. The van der Waals surface area contributed by atoms with Gasteiger partial charge in [0.15, 0.2) is 69.4 Å². The van der Waals surface area contributed by atoms with Crippen molar-refractivity contribution in [3.05, 3.63) is 351 Å². The lowest BCUT2D eigenvalue weighted by molar-refractivity contribution is 0.0977. The number of rotatable bonds is 4. The highest BCUT2D eigenvalue weighted by Gasteiger charge is 2.42. The number of para-hydroxylation sites is 1. The number of phenolic OH excluding ortho intramolecular Hbond substituents is 2. The van der Waals surface area contributed by atoms with Crippen LogP contribution in [0.15, 0.2) is 213 Å². The minimum atomic E-state index is -0.805. The number of fused-ring (bicyclic) bond motifs is 12. The fraction of sp³-hybridized carbons (Fsp3) is 0.0108. The lowest BCUT2D eigenvalue weighted by atomic mass is 9.81. The number of carbonyl (C=O) groups is 12. The number of ketones is 11. The van der Waals surface area contributed by atoms with E-state index in [-0.39, 0.29) is 236 Å². The molecular formula is C93H64Cl2N14O16. The highest BCUT2D eigenvalue weighted by Crippen LogP contribution is 2.48. The maximum atomic E-state index is 12.8. The van der Waals surface area contributed by atoms with E-state index in [2.05, 4.69) is 9.97 Å². The first-order valence-corrected chi connectivity index (χ1v) is 38.0. The number of hydrogen-bond donors (Lipinski definition) is 14. The molecule has 32 heteroatoms. The predicted molar refractivity (Wildman–Crippen MR) is 471 cm³/mol. The fourth-order valence-corrected chi connectivity index (χ4v) is 15.8. The van der Waals surface area contributed by atoms with Crippen molar-refractivity contribution in [2.24, 2.45) is 5.73 Å². The van der Waals surface area contributed by atoms with Crippen molar-refractivity contribution in [2.75, 3.05) is 70.2 Å². The number of aromatic hydroxyl groups is 2. The average molecular weight is 1700 g/mol. The number of halogens is 2. The van der Waals surface area contributed by atoms with Gasteiger partial charge in [0, 0.05) is 107 Å². The van der Waals surface area contributed by atoms with Crippen molar-refractivity contribution in [1.82, 2.24) is 9.97 Å². The van der Waals surface area contributed by atoms with Gasteiger partial charge in [0.2, 0.25) is 0 Å². The van der Waals surface area contributed by atoms with E-state index in [0.717, 1.165) is 22.2 Å². The number of carbonyl (C=O) groups excluding carboxylic acids is 12. The normalized spacial score (nSPS) is 12.8. The molecule has 0 saturated heterocycles.